The third-order valence-corrected chi connectivity index (χ3v) is 4.95. The fourth-order valence-corrected chi connectivity index (χ4v) is 3.62. The highest BCUT2D eigenvalue weighted by Gasteiger charge is 2.45. The zero-order valence-corrected chi connectivity index (χ0v) is 13.9. The standard InChI is InChI=1S/C17H20FN5O2/c1-22-14(6-7-20-22)16-12(4-5-15(24)23(16)11-2-3-11)21-17(25)13-8-10(18)9-19-13/h6-9,11-12,16,19H,2-5H2,1H3,(H,21,25)/t12-,16-/m1/s1. The predicted molar refractivity (Wildman–Crippen MR) is 87.1 cm³/mol. The zero-order valence-electron chi connectivity index (χ0n) is 13.9. The van der Waals surface area contributed by atoms with Crippen molar-refractivity contribution in [2.45, 2.75) is 43.8 Å². The first-order chi connectivity index (χ1) is 12.0. The molecule has 1 aliphatic heterocycles. The van der Waals surface area contributed by atoms with Crippen LogP contribution in [0.4, 0.5) is 4.39 Å². The van der Waals surface area contributed by atoms with Crippen LogP contribution in [0.25, 0.3) is 0 Å². The van der Waals surface area contributed by atoms with Crippen molar-refractivity contribution >= 4 is 11.8 Å². The molecule has 3 heterocycles. The largest absolute Gasteiger partial charge is 0.355 e. The first kappa shape index (κ1) is 15.9. The maximum atomic E-state index is 13.2. The van der Waals surface area contributed by atoms with Gasteiger partial charge in [0.05, 0.1) is 17.8 Å². The summed E-state index contributed by atoms with van der Waals surface area (Å²) in [7, 11) is 1.83. The Morgan fingerprint density at radius 3 is 2.80 bits per heavy atom. The van der Waals surface area contributed by atoms with Gasteiger partial charge in [-0.05, 0) is 25.3 Å². The van der Waals surface area contributed by atoms with E-state index >= 15 is 0 Å². The molecule has 2 atom stereocenters. The molecule has 0 radical (unpaired) electrons. The van der Waals surface area contributed by atoms with E-state index < -0.39 is 5.82 Å². The smallest absolute Gasteiger partial charge is 0.268 e. The van der Waals surface area contributed by atoms with Gasteiger partial charge in [-0.2, -0.15) is 5.10 Å². The number of aromatic amines is 1. The number of rotatable bonds is 4. The Morgan fingerprint density at radius 2 is 2.20 bits per heavy atom. The molecule has 0 spiro atoms. The Bertz CT molecular complexity index is 810. The number of halogens is 1. The number of piperidine rings is 1. The maximum Gasteiger partial charge on any atom is 0.268 e. The Labute approximate surface area is 144 Å². The van der Waals surface area contributed by atoms with Crippen molar-refractivity contribution in [2.75, 3.05) is 0 Å². The van der Waals surface area contributed by atoms with Crippen molar-refractivity contribution < 1.29 is 14.0 Å². The summed E-state index contributed by atoms with van der Waals surface area (Å²) in [6.07, 6.45) is 5.76. The summed E-state index contributed by atoms with van der Waals surface area (Å²) in [5, 5.41) is 7.19. The van der Waals surface area contributed by atoms with E-state index in [0.29, 0.717) is 12.8 Å². The molecule has 132 valence electrons. The molecule has 1 saturated carbocycles. The molecule has 2 fully saturated rings. The number of aromatic nitrogens is 3. The molecule has 1 aliphatic carbocycles. The average molecular weight is 345 g/mol. The van der Waals surface area contributed by atoms with Crippen LogP contribution in [-0.2, 0) is 11.8 Å². The lowest BCUT2D eigenvalue weighted by Crippen LogP contribution is -2.53. The maximum absolute atomic E-state index is 13.2. The van der Waals surface area contributed by atoms with E-state index in [1.165, 1.54) is 6.07 Å². The van der Waals surface area contributed by atoms with E-state index in [1.54, 1.807) is 10.9 Å². The summed E-state index contributed by atoms with van der Waals surface area (Å²) in [5.41, 5.74) is 1.07. The van der Waals surface area contributed by atoms with Gasteiger partial charge in [-0.25, -0.2) is 4.39 Å². The van der Waals surface area contributed by atoms with Gasteiger partial charge < -0.3 is 15.2 Å². The molecule has 2 N–H and O–H groups in total. The van der Waals surface area contributed by atoms with Gasteiger partial charge >= 0.3 is 0 Å². The number of H-pyrrole nitrogens is 1. The van der Waals surface area contributed by atoms with E-state index in [-0.39, 0.29) is 35.6 Å². The summed E-state index contributed by atoms with van der Waals surface area (Å²) in [6, 6.07) is 2.78. The van der Waals surface area contributed by atoms with Crippen LogP contribution >= 0.6 is 0 Å². The minimum absolute atomic E-state index is 0.116. The Kier molecular flexibility index (Phi) is 3.82. The molecule has 7 nitrogen and oxygen atoms in total. The van der Waals surface area contributed by atoms with Crippen LogP contribution in [0.15, 0.2) is 24.5 Å². The Morgan fingerprint density at radius 1 is 1.40 bits per heavy atom. The summed E-state index contributed by atoms with van der Waals surface area (Å²) in [6.45, 7) is 0. The Hall–Kier alpha value is -2.64. The van der Waals surface area contributed by atoms with Gasteiger partial charge in [0, 0.05) is 38.0 Å². The van der Waals surface area contributed by atoms with E-state index in [4.69, 9.17) is 0 Å². The number of nitrogens with zero attached hydrogens (tertiary/aromatic N) is 3. The highest BCUT2D eigenvalue weighted by molar-refractivity contribution is 5.93. The minimum atomic E-state index is -0.480. The highest BCUT2D eigenvalue weighted by Crippen LogP contribution is 2.40. The third kappa shape index (κ3) is 2.92. The van der Waals surface area contributed by atoms with Crippen molar-refractivity contribution in [3.63, 3.8) is 0 Å². The molecule has 0 aromatic carbocycles. The van der Waals surface area contributed by atoms with E-state index in [9.17, 15) is 14.0 Å². The molecule has 2 aromatic heterocycles. The summed E-state index contributed by atoms with van der Waals surface area (Å²) < 4.78 is 14.9. The SMILES string of the molecule is Cn1nccc1[C@H]1[C@H](NC(=O)c2cc(F)c[nH]2)CCC(=O)N1C1CC1. The summed E-state index contributed by atoms with van der Waals surface area (Å²) >= 11 is 0. The minimum Gasteiger partial charge on any atom is -0.355 e. The number of hydrogen-bond acceptors (Lipinski definition) is 3. The molecule has 2 aromatic rings. The Balaban J connectivity index is 1.63. The number of nitrogens with one attached hydrogen (secondary N) is 2. The third-order valence-electron chi connectivity index (χ3n) is 4.95. The van der Waals surface area contributed by atoms with Crippen molar-refractivity contribution in [1.82, 2.24) is 25.0 Å². The van der Waals surface area contributed by atoms with Gasteiger partial charge in [-0.1, -0.05) is 0 Å². The predicted octanol–water partition coefficient (Wildman–Crippen LogP) is 1.51. The second-order valence-electron chi connectivity index (χ2n) is 6.71. The van der Waals surface area contributed by atoms with Crippen LogP contribution in [0.1, 0.15) is 47.9 Å². The zero-order chi connectivity index (χ0) is 17.6. The van der Waals surface area contributed by atoms with Crippen LogP contribution < -0.4 is 5.32 Å². The first-order valence-electron chi connectivity index (χ1n) is 8.48. The van der Waals surface area contributed by atoms with Gasteiger partial charge in [-0.3, -0.25) is 14.3 Å². The molecular weight excluding hydrogens is 325 g/mol. The molecule has 0 unspecified atom stereocenters. The van der Waals surface area contributed by atoms with Crippen LogP contribution in [-0.4, -0.2) is 43.6 Å². The van der Waals surface area contributed by atoms with E-state index in [0.717, 1.165) is 24.7 Å². The van der Waals surface area contributed by atoms with Gasteiger partial charge in [0.15, 0.2) is 0 Å². The molecule has 25 heavy (non-hydrogen) atoms. The lowest BCUT2D eigenvalue weighted by atomic mass is 9.92. The highest BCUT2D eigenvalue weighted by atomic mass is 19.1. The lowest BCUT2D eigenvalue weighted by molar-refractivity contribution is -0.138. The van der Waals surface area contributed by atoms with E-state index in [2.05, 4.69) is 15.4 Å². The van der Waals surface area contributed by atoms with Crippen molar-refractivity contribution in [3.05, 3.63) is 41.7 Å². The fourth-order valence-electron chi connectivity index (χ4n) is 3.62. The quantitative estimate of drug-likeness (QED) is 0.881. The van der Waals surface area contributed by atoms with Gasteiger partial charge in [0.2, 0.25) is 5.91 Å². The van der Waals surface area contributed by atoms with Crippen LogP contribution in [0.3, 0.4) is 0 Å². The molecule has 4 rings (SSSR count). The van der Waals surface area contributed by atoms with Gasteiger partial charge in [-0.15, -0.1) is 0 Å². The number of aryl methyl sites for hydroxylation is 1. The van der Waals surface area contributed by atoms with Crippen LogP contribution in [0, 0.1) is 5.82 Å². The van der Waals surface area contributed by atoms with Crippen molar-refractivity contribution in [1.29, 1.82) is 0 Å². The van der Waals surface area contributed by atoms with Crippen molar-refractivity contribution in [2.24, 2.45) is 7.05 Å². The molecule has 0 bridgehead atoms. The molecular formula is C17H20FN5O2. The normalized spacial score (nSPS) is 23.8. The number of likely N-dealkylation sites (tertiary alicyclic amines) is 1. The monoisotopic (exact) mass is 345 g/mol. The number of hydrogen-bond donors (Lipinski definition) is 2. The fraction of sp³-hybridized carbons (Fsp3) is 0.471. The average Bonchev–Trinajstić information content (AvgIpc) is 3.18. The van der Waals surface area contributed by atoms with Gasteiger partial charge in [0.1, 0.15) is 11.5 Å². The second-order valence-corrected chi connectivity index (χ2v) is 6.71. The lowest BCUT2D eigenvalue weighted by Gasteiger charge is -2.41. The first-order valence-corrected chi connectivity index (χ1v) is 8.48. The van der Waals surface area contributed by atoms with Crippen LogP contribution in [0.5, 0.6) is 0 Å². The molecule has 1 saturated heterocycles. The molecule has 2 aliphatic rings. The summed E-state index contributed by atoms with van der Waals surface area (Å²) in [4.78, 5) is 29.5. The molecule has 2 amide bonds. The second kappa shape index (κ2) is 6.02. The summed E-state index contributed by atoms with van der Waals surface area (Å²) in [5.74, 6) is -0.733. The number of amides is 2. The number of carbonyl (C=O) groups excluding carboxylic acids is 2. The van der Waals surface area contributed by atoms with E-state index in [1.807, 2.05) is 18.0 Å². The molecule has 8 heteroatoms. The topological polar surface area (TPSA) is 83.0 Å². The van der Waals surface area contributed by atoms with Crippen molar-refractivity contribution in [3.8, 4) is 0 Å². The number of carbonyl (C=O) groups is 2. The van der Waals surface area contributed by atoms with Crippen LogP contribution in [0.2, 0.25) is 0 Å². The van der Waals surface area contributed by atoms with Gasteiger partial charge in [0.25, 0.3) is 5.91 Å².